The Labute approximate surface area is 166 Å². The van der Waals surface area contributed by atoms with E-state index in [4.69, 9.17) is 0 Å². The highest BCUT2D eigenvalue weighted by Crippen LogP contribution is 2.40. The van der Waals surface area contributed by atoms with Gasteiger partial charge >= 0.3 is 6.18 Å². The highest BCUT2D eigenvalue weighted by Gasteiger charge is 2.45. The molecule has 0 radical (unpaired) electrons. The van der Waals surface area contributed by atoms with Crippen LogP contribution in [0.4, 0.5) is 13.2 Å². The first-order chi connectivity index (χ1) is 9.30. The topological polar surface area (TPSA) is 35.5 Å². The fraction of sp³-hybridized carbons (Fsp3) is 0.500. The number of benzene rings is 1. The van der Waals surface area contributed by atoms with E-state index in [9.17, 15) is 18.3 Å². The minimum atomic E-state index is -4.33. The smallest absolute Gasteiger partial charge is 0.408 e. The molecule has 2 N–H and O–H groups in total. The molecule has 0 spiro atoms. The Morgan fingerprint density at radius 3 is 1.95 bits per heavy atom. The first-order valence-electron chi connectivity index (χ1n) is 6.00. The van der Waals surface area contributed by atoms with Crippen LogP contribution in [0.5, 0.6) is 5.75 Å². The van der Waals surface area contributed by atoms with E-state index in [0.29, 0.717) is 33.3 Å². The summed E-state index contributed by atoms with van der Waals surface area (Å²) in [5.74, 6) is 0.0381. The molecule has 2 rings (SSSR count). The minimum absolute atomic E-state index is 0. The number of halogens is 7. The number of nitrogens with zero attached hydrogens (tertiary/aromatic N) is 1. The Bertz CT molecular complexity index is 477. The molecule has 1 atom stereocenters. The molecule has 0 saturated carbocycles. The molecule has 128 valence electrons. The lowest BCUT2D eigenvalue weighted by atomic mass is 10.0. The number of phenolic OH excluding ortho intramolecular Hbond substituents is 1. The third kappa shape index (κ3) is 5.40. The van der Waals surface area contributed by atoms with E-state index >= 15 is 0 Å². The Morgan fingerprint density at radius 2 is 1.55 bits per heavy atom. The van der Waals surface area contributed by atoms with Crippen molar-refractivity contribution in [3.63, 3.8) is 0 Å². The molecule has 3 nitrogen and oxygen atoms in total. The van der Waals surface area contributed by atoms with Crippen molar-refractivity contribution in [2.24, 2.45) is 0 Å². The predicted octanol–water partition coefficient (Wildman–Crippen LogP) is 3.95. The van der Waals surface area contributed by atoms with Crippen LogP contribution in [0, 0.1) is 7.14 Å². The van der Waals surface area contributed by atoms with Gasteiger partial charge in [-0.1, -0.05) is 0 Å². The summed E-state index contributed by atoms with van der Waals surface area (Å²) in [6.45, 7) is 1.83. The molecule has 0 aliphatic carbocycles. The molecule has 10 heteroatoms. The van der Waals surface area contributed by atoms with E-state index in [-0.39, 0.29) is 36.1 Å². The van der Waals surface area contributed by atoms with Gasteiger partial charge in [-0.25, -0.2) is 0 Å². The summed E-state index contributed by atoms with van der Waals surface area (Å²) in [5.41, 5.74) is 0.186. The lowest BCUT2D eigenvalue weighted by Gasteiger charge is -2.36. The van der Waals surface area contributed by atoms with Crippen molar-refractivity contribution < 1.29 is 18.3 Å². The monoisotopic (exact) mass is 584 g/mol. The number of aromatic hydroxyl groups is 1. The zero-order valence-corrected chi connectivity index (χ0v) is 17.1. The molecular formula is C12H15Cl2F3I2N2O. The first kappa shape index (κ1) is 22.8. The average molecular weight is 585 g/mol. The fourth-order valence-electron chi connectivity index (χ4n) is 2.29. The van der Waals surface area contributed by atoms with Gasteiger partial charge in [0.1, 0.15) is 11.8 Å². The molecule has 0 aromatic heterocycles. The summed E-state index contributed by atoms with van der Waals surface area (Å²) in [4.78, 5) is 1.44. The van der Waals surface area contributed by atoms with Gasteiger partial charge in [-0.15, -0.1) is 24.8 Å². The van der Waals surface area contributed by atoms with Crippen LogP contribution in [0.25, 0.3) is 0 Å². The molecule has 1 aliphatic heterocycles. The molecule has 0 unspecified atom stereocenters. The van der Waals surface area contributed by atoms with Crippen LogP contribution in [0.1, 0.15) is 11.6 Å². The van der Waals surface area contributed by atoms with Gasteiger partial charge in [-0.3, -0.25) is 4.90 Å². The second-order valence-electron chi connectivity index (χ2n) is 4.56. The molecule has 1 aromatic rings. The van der Waals surface area contributed by atoms with Gasteiger partial charge in [0.2, 0.25) is 0 Å². The molecule has 1 aliphatic rings. The lowest BCUT2D eigenvalue weighted by Crippen LogP contribution is -2.49. The number of phenols is 1. The Balaban J connectivity index is 0.00000220. The van der Waals surface area contributed by atoms with E-state index in [0.717, 1.165) is 0 Å². The predicted molar refractivity (Wildman–Crippen MR) is 101 cm³/mol. The molecule has 1 fully saturated rings. The number of hydrogen-bond acceptors (Lipinski definition) is 3. The highest BCUT2D eigenvalue weighted by molar-refractivity contribution is 14.1. The zero-order valence-electron chi connectivity index (χ0n) is 11.2. The van der Waals surface area contributed by atoms with Crippen molar-refractivity contribution in [1.29, 1.82) is 0 Å². The van der Waals surface area contributed by atoms with E-state index in [1.165, 1.54) is 17.0 Å². The summed E-state index contributed by atoms with van der Waals surface area (Å²) < 4.78 is 41.2. The van der Waals surface area contributed by atoms with Crippen LogP contribution >= 0.6 is 70.0 Å². The quantitative estimate of drug-likeness (QED) is 0.517. The van der Waals surface area contributed by atoms with Crippen molar-refractivity contribution in [3.05, 3.63) is 24.8 Å². The number of nitrogens with one attached hydrogen (secondary N) is 1. The van der Waals surface area contributed by atoms with Crippen molar-refractivity contribution in [2.75, 3.05) is 26.2 Å². The van der Waals surface area contributed by atoms with Gasteiger partial charge < -0.3 is 10.4 Å². The van der Waals surface area contributed by atoms with Crippen LogP contribution < -0.4 is 5.32 Å². The van der Waals surface area contributed by atoms with Crippen LogP contribution in [-0.2, 0) is 0 Å². The largest absolute Gasteiger partial charge is 0.506 e. The lowest BCUT2D eigenvalue weighted by molar-refractivity contribution is -0.187. The molecule has 0 bridgehead atoms. The number of piperazine rings is 1. The highest BCUT2D eigenvalue weighted by atomic mass is 127. The van der Waals surface area contributed by atoms with E-state index < -0.39 is 12.2 Å². The third-order valence-electron chi connectivity index (χ3n) is 3.18. The van der Waals surface area contributed by atoms with Gasteiger partial charge in [0, 0.05) is 26.2 Å². The van der Waals surface area contributed by atoms with Gasteiger partial charge in [0.25, 0.3) is 0 Å². The number of hydrogen-bond donors (Lipinski definition) is 2. The molecule has 1 aromatic carbocycles. The maximum atomic E-state index is 13.4. The maximum absolute atomic E-state index is 13.4. The van der Waals surface area contributed by atoms with E-state index in [2.05, 4.69) is 5.32 Å². The van der Waals surface area contributed by atoms with Crippen LogP contribution in [-0.4, -0.2) is 42.4 Å². The van der Waals surface area contributed by atoms with Gasteiger partial charge in [0.15, 0.2) is 0 Å². The molecule has 1 saturated heterocycles. The van der Waals surface area contributed by atoms with E-state index in [1.54, 1.807) is 0 Å². The average Bonchev–Trinajstić information content (AvgIpc) is 2.35. The standard InChI is InChI=1S/C12H13F3I2N2O.2ClH/c13-12(14,15)11(19-3-1-18-2-4-19)7-5-8(16)10(20)9(17)6-7;;/h5-6,11,18,20H,1-4H2;2*1H/t11-;;/m1../s1. The summed E-state index contributed by atoms with van der Waals surface area (Å²) in [7, 11) is 0. The minimum Gasteiger partial charge on any atom is -0.506 e. The summed E-state index contributed by atoms with van der Waals surface area (Å²) in [6.07, 6.45) is -4.33. The van der Waals surface area contributed by atoms with E-state index in [1.807, 2.05) is 45.2 Å². The summed E-state index contributed by atoms with van der Waals surface area (Å²) >= 11 is 3.71. The Kier molecular flexibility index (Phi) is 9.63. The van der Waals surface area contributed by atoms with Crippen molar-refractivity contribution in [3.8, 4) is 5.75 Å². The van der Waals surface area contributed by atoms with Gasteiger partial charge in [-0.2, -0.15) is 13.2 Å². The zero-order chi connectivity index (χ0) is 14.9. The fourth-order valence-corrected chi connectivity index (χ4v) is 4.11. The second-order valence-corrected chi connectivity index (χ2v) is 6.89. The molecular weight excluding hydrogens is 570 g/mol. The summed E-state index contributed by atoms with van der Waals surface area (Å²) in [6, 6.07) is 1.21. The van der Waals surface area contributed by atoms with Crippen LogP contribution in [0.15, 0.2) is 12.1 Å². The SMILES string of the molecule is Cl.Cl.Oc1c(I)cc([C@@H](N2CCNCC2)C(F)(F)F)cc1I. The maximum Gasteiger partial charge on any atom is 0.408 e. The molecule has 1 heterocycles. The summed E-state index contributed by atoms with van der Waals surface area (Å²) in [5, 5.41) is 12.8. The Hall–Kier alpha value is 0.770. The van der Waals surface area contributed by atoms with Crippen molar-refractivity contribution in [1.82, 2.24) is 10.2 Å². The number of alkyl halides is 3. The normalized spacial score (nSPS) is 17.3. The van der Waals surface area contributed by atoms with Crippen LogP contribution in [0.3, 0.4) is 0 Å². The van der Waals surface area contributed by atoms with Crippen molar-refractivity contribution in [2.45, 2.75) is 12.2 Å². The second kappa shape index (κ2) is 9.30. The van der Waals surface area contributed by atoms with Gasteiger partial charge in [-0.05, 0) is 62.9 Å². The van der Waals surface area contributed by atoms with Crippen LogP contribution in [0.2, 0.25) is 0 Å². The first-order valence-corrected chi connectivity index (χ1v) is 8.16. The third-order valence-corrected chi connectivity index (χ3v) is 4.83. The number of rotatable bonds is 2. The van der Waals surface area contributed by atoms with Crippen molar-refractivity contribution >= 4 is 70.0 Å². The van der Waals surface area contributed by atoms with Gasteiger partial charge in [0.05, 0.1) is 7.14 Å². The Morgan fingerprint density at radius 1 is 1.09 bits per heavy atom. The molecule has 0 amide bonds. The molecule has 22 heavy (non-hydrogen) atoms.